The molecule has 0 fully saturated rings. The van der Waals surface area contributed by atoms with E-state index in [1.165, 1.54) is 0 Å². The van der Waals surface area contributed by atoms with Crippen LogP contribution in [-0.2, 0) is 13.1 Å². The minimum absolute atomic E-state index is 0.577. The van der Waals surface area contributed by atoms with Crippen LogP contribution in [0.4, 0.5) is 0 Å². The van der Waals surface area contributed by atoms with Crippen LogP contribution in [-0.4, -0.2) is 14.4 Å². The minimum Gasteiger partial charge on any atom is -0.307 e. The van der Waals surface area contributed by atoms with Crippen molar-refractivity contribution in [3.8, 4) is 0 Å². The van der Waals surface area contributed by atoms with E-state index < -0.39 is 0 Å². The summed E-state index contributed by atoms with van der Waals surface area (Å²) in [6.07, 6.45) is 3.63. The van der Waals surface area contributed by atoms with Gasteiger partial charge in [-0.25, -0.2) is 4.98 Å². The van der Waals surface area contributed by atoms with Crippen molar-refractivity contribution in [2.24, 2.45) is 0 Å². The molecule has 3 aromatic heterocycles. The highest BCUT2D eigenvalue weighted by Gasteiger charge is 2.12. The molecular weight excluding hydrogens is 280 g/mol. The van der Waals surface area contributed by atoms with Gasteiger partial charge in [-0.2, -0.15) is 0 Å². The maximum absolute atomic E-state index is 6.19. The molecule has 0 unspecified atom stereocenters. The molecule has 0 aliphatic carbocycles. The van der Waals surface area contributed by atoms with Crippen molar-refractivity contribution in [3.63, 3.8) is 0 Å². The van der Waals surface area contributed by atoms with Gasteiger partial charge in [-0.15, -0.1) is 11.3 Å². The number of hydrogen-bond donors (Lipinski definition) is 1. The van der Waals surface area contributed by atoms with Gasteiger partial charge < -0.3 is 5.32 Å². The quantitative estimate of drug-likeness (QED) is 0.804. The molecule has 3 heterocycles. The van der Waals surface area contributed by atoms with Crippen molar-refractivity contribution >= 4 is 27.9 Å². The van der Waals surface area contributed by atoms with E-state index in [0.717, 1.165) is 28.5 Å². The molecule has 0 aromatic carbocycles. The fourth-order valence-electron chi connectivity index (χ4n) is 2.02. The first kappa shape index (κ1) is 12.6. The minimum atomic E-state index is 0.577. The molecule has 6 heteroatoms. The number of nitrogens with zero attached hydrogens (tertiary/aromatic N) is 3. The van der Waals surface area contributed by atoms with E-state index >= 15 is 0 Å². The van der Waals surface area contributed by atoms with Crippen molar-refractivity contribution in [2.75, 3.05) is 0 Å². The van der Waals surface area contributed by atoms with E-state index in [2.05, 4.69) is 32.0 Å². The molecule has 0 radical (unpaired) electrons. The number of thiazole rings is 1. The average molecular weight is 293 g/mol. The number of hydrogen-bond acceptors (Lipinski definition) is 4. The van der Waals surface area contributed by atoms with Crippen molar-refractivity contribution in [1.82, 2.24) is 19.7 Å². The van der Waals surface area contributed by atoms with E-state index in [0.29, 0.717) is 11.7 Å². The van der Waals surface area contributed by atoms with E-state index in [1.807, 2.05) is 18.3 Å². The molecule has 0 saturated heterocycles. The number of rotatable bonds is 4. The third-order valence-electron chi connectivity index (χ3n) is 2.93. The molecule has 0 spiro atoms. The van der Waals surface area contributed by atoms with Crippen molar-refractivity contribution in [2.45, 2.75) is 20.0 Å². The normalized spacial score (nSPS) is 11.3. The fourth-order valence-corrected chi connectivity index (χ4v) is 3.19. The Balaban J connectivity index is 1.75. The summed E-state index contributed by atoms with van der Waals surface area (Å²) in [5.41, 5.74) is 3.33. The molecule has 98 valence electrons. The largest absolute Gasteiger partial charge is 0.307 e. The number of aromatic nitrogens is 3. The molecule has 0 bridgehead atoms. The highest BCUT2D eigenvalue weighted by Crippen LogP contribution is 2.23. The Bertz CT molecular complexity index is 689. The molecule has 3 aromatic rings. The van der Waals surface area contributed by atoms with Gasteiger partial charge in [0.15, 0.2) is 10.1 Å². The van der Waals surface area contributed by atoms with E-state index in [-0.39, 0.29) is 0 Å². The van der Waals surface area contributed by atoms with Crippen molar-refractivity contribution in [3.05, 3.63) is 52.0 Å². The van der Waals surface area contributed by atoms with Gasteiger partial charge >= 0.3 is 0 Å². The lowest BCUT2D eigenvalue weighted by Crippen LogP contribution is -2.14. The molecule has 4 nitrogen and oxygen atoms in total. The van der Waals surface area contributed by atoms with E-state index in [9.17, 15) is 0 Å². The van der Waals surface area contributed by atoms with E-state index in [4.69, 9.17) is 11.6 Å². The van der Waals surface area contributed by atoms with Crippen LogP contribution in [0.15, 0.2) is 29.9 Å². The Morgan fingerprint density at radius 2 is 2.32 bits per heavy atom. The molecule has 0 atom stereocenters. The second kappa shape index (κ2) is 5.28. The Morgan fingerprint density at radius 3 is 3.11 bits per heavy atom. The van der Waals surface area contributed by atoms with E-state index in [1.54, 1.807) is 17.5 Å². The summed E-state index contributed by atoms with van der Waals surface area (Å²) in [6, 6.07) is 3.98. The molecule has 0 aliphatic rings. The zero-order valence-electron chi connectivity index (χ0n) is 10.4. The molecular formula is C13H13ClN4S. The zero-order chi connectivity index (χ0) is 13.2. The van der Waals surface area contributed by atoms with Crippen LogP contribution in [0.1, 0.15) is 17.0 Å². The fraction of sp³-hybridized carbons (Fsp3) is 0.231. The molecule has 0 amide bonds. The van der Waals surface area contributed by atoms with Gasteiger partial charge in [0.25, 0.3) is 0 Å². The molecule has 0 aliphatic heterocycles. The number of aryl methyl sites for hydroxylation is 1. The summed E-state index contributed by atoms with van der Waals surface area (Å²) in [6.45, 7) is 3.51. The second-order valence-electron chi connectivity index (χ2n) is 4.31. The van der Waals surface area contributed by atoms with Gasteiger partial charge in [-0.05, 0) is 18.6 Å². The van der Waals surface area contributed by atoms with Crippen LogP contribution in [0.5, 0.6) is 0 Å². The third kappa shape index (κ3) is 2.49. The topological polar surface area (TPSA) is 42.2 Å². The first-order valence-corrected chi connectivity index (χ1v) is 7.22. The lowest BCUT2D eigenvalue weighted by atomic mass is 10.3. The van der Waals surface area contributed by atoms with Crippen LogP contribution in [0.2, 0.25) is 5.15 Å². The predicted octanol–water partition coefficient (Wildman–Crippen LogP) is 3.04. The molecule has 3 rings (SSSR count). The standard InChI is InChI=1S/C13H13ClN4S/c1-9-8-19-13-17-12(14)11(18(9)13)7-16-6-10-3-2-4-15-5-10/h2-5,8,16H,6-7H2,1H3. The zero-order valence-corrected chi connectivity index (χ0v) is 12.0. The van der Waals surface area contributed by atoms with Gasteiger partial charge in [0.2, 0.25) is 0 Å². The number of imidazole rings is 1. The smallest absolute Gasteiger partial charge is 0.195 e. The maximum Gasteiger partial charge on any atom is 0.195 e. The summed E-state index contributed by atoms with van der Waals surface area (Å²) < 4.78 is 2.10. The molecule has 1 N–H and O–H groups in total. The lowest BCUT2D eigenvalue weighted by molar-refractivity contribution is 0.673. The maximum atomic E-state index is 6.19. The summed E-state index contributed by atoms with van der Waals surface area (Å²) in [5, 5.41) is 6.04. The SMILES string of the molecule is Cc1csc2nc(Cl)c(CNCc3cccnc3)n12. The summed E-state index contributed by atoms with van der Waals surface area (Å²) in [5.74, 6) is 0. The van der Waals surface area contributed by atoms with Crippen LogP contribution >= 0.6 is 22.9 Å². The third-order valence-corrected chi connectivity index (χ3v) is 4.17. The van der Waals surface area contributed by atoms with Gasteiger partial charge in [0.1, 0.15) is 0 Å². The first-order chi connectivity index (χ1) is 9.25. The van der Waals surface area contributed by atoms with Crippen LogP contribution in [0, 0.1) is 6.92 Å². The highest BCUT2D eigenvalue weighted by molar-refractivity contribution is 7.15. The number of fused-ring (bicyclic) bond motifs is 1. The monoisotopic (exact) mass is 292 g/mol. The van der Waals surface area contributed by atoms with Crippen LogP contribution < -0.4 is 5.32 Å². The Morgan fingerprint density at radius 1 is 1.42 bits per heavy atom. The lowest BCUT2D eigenvalue weighted by Gasteiger charge is -2.05. The van der Waals surface area contributed by atoms with Gasteiger partial charge in [0.05, 0.1) is 5.69 Å². The summed E-state index contributed by atoms with van der Waals surface area (Å²) in [7, 11) is 0. The molecule has 19 heavy (non-hydrogen) atoms. The van der Waals surface area contributed by atoms with Gasteiger partial charge in [-0.3, -0.25) is 9.38 Å². The van der Waals surface area contributed by atoms with Crippen molar-refractivity contribution < 1.29 is 0 Å². The van der Waals surface area contributed by atoms with Crippen LogP contribution in [0.3, 0.4) is 0 Å². The van der Waals surface area contributed by atoms with Gasteiger partial charge in [0, 0.05) is 36.6 Å². The Hall–Kier alpha value is -1.43. The summed E-state index contributed by atoms with van der Waals surface area (Å²) >= 11 is 7.79. The average Bonchev–Trinajstić information content (AvgIpc) is 2.92. The number of nitrogens with one attached hydrogen (secondary N) is 1. The van der Waals surface area contributed by atoms with Crippen molar-refractivity contribution in [1.29, 1.82) is 0 Å². The van der Waals surface area contributed by atoms with Gasteiger partial charge in [-0.1, -0.05) is 17.7 Å². The Kier molecular flexibility index (Phi) is 3.50. The summed E-state index contributed by atoms with van der Waals surface area (Å²) in [4.78, 5) is 9.39. The number of halogens is 1. The Labute approximate surface area is 120 Å². The first-order valence-electron chi connectivity index (χ1n) is 5.96. The highest BCUT2D eigenvalue weighted by atomic mass is 35.5. The second-order valence-corrected chi connectivity index (χ2v) is 5.50. The predicted molar refractivity (Wildman–Crippen MR) is 77.6 cm³/mol. The molecule has 0 saturated carbocycles. The number of pyridine rings is 1. The van der Waals surface area contributed by atoms with Crippen LogP contribution in [0.25, 0.3) is 4.96 Å².